The van der Waals surface area contributed by atoms with Crippen LogP contribution in [0.4, 0.5) is 0 Å². The van der Waals surface area contributed by atoms with Gasteiger partial charge in [0.2, 0.25) is 5.89 Å². The Hall–Kier alpha value is -1.90. The van der Waals surface area contributed by atoms with Crippen molar-refractivity contribution in [2.75, 3.05) is 45.9 Å². The number of oxazole rings is 1. The second-order valence-corrected chi connectivity index (χ2v) is 7.78. The molecule has 2 aliphatic rings. The highest BCUT2D eigenvalue weighted by Crippen LogP contribution is 2.24. The molecule has 0 aromatic carbocycles. The number of nitrogens with one attached hydrogen (secondary N) is 1. The summed E-state index contributed by atoms with van der Waals surface area (Å²) in [5.74, 6) is 1.64. The molecule has 4 rings (SSSR count). The summed E-state index contributed by atoms with van der Waals surface area (Å²) in [5, 5.41) is 5.46. The standard InChI is InChI=1S/C19H27N5O2S/c1-2-20-19(24-6-5-16(13-24)23-7-9-25-10-8-23)21-12-15-14-26-18(22-15)17-4-3-11-27-17/h3-4,11,14,16H,2,5-10,12-13H2,1H3,(H,20,21). The molecular weight excluding hydrogens is 362 g/mol. The molecular formula is C19H27N5O2S. The third kappa shape index (κ3) is 4.51. The third-order valence-electron chi connectivity index (χ3n) is 5.03. The molecule has 7 nitrogen and oxygen atoms in total. The number of aromatic nitrogens is 1. The van der Waals surface area contributed by atoms with Crippen LogP contribution in [0.15, 0.2) is 33.2 Å². The van der Waals surface area contributed by atoms with Crippen molar-refractivity contribution in [2.45, 2.75) is 25.9 Å². The monoisotopic (exact) mass is 389 g/mol. The molecule has 27 heavy (non-hydrogen) atoms. The Morgan fingerprint density at radius 1 is 1.37 bits per heavy atom. The van der Waals surface area contributed by atoms with Gasteiger partial charge in [-0.2, -0.15) is 0 Å². The van der Waals surface area contributed by atoms with Crippen molar-refractivity contribution in [2.24, 2.45) is 4.99 Å². The predicted octanol–water partition coefficient (Wildman–Crippen LogP) is 2.28. The fourth-order valence-corrected chi connectivity index (χ4v) is 4.31. The van der Waals surface area contributed by atoms with E-state index in [9.17, 15) is 0 Å². The number of ether oxygens (including phenoxy) is 1. The van der Waals surface area contributed by atoms with E-state index in [-0.39, 0.29) is 0 Å². The average Bonchev–Trinajstić information content (AvgIpc) is 3.47. The lowest BCUT2D eigenvalue weighted by molar-refractivity contribution is 0.0195. The molecule has 146 valence electrons. The Bertz CT molecular complexity index is 739. The van der Waals surface area contributed by atoms with Crippen molar-refractivity contribution in [3.8, 4) is 10.8 Å². The first-order valence-electron chi connectivity index (χ1n) is 9.67. The molecule has 0 radical (unpaired) electrons. The van der Waals surface area contributed by atoms with Crippen molar-refractivity contribution < 1.29 is 9.15 Å². The van der Waals surface area contributed by atoms with Gasteiger partial charge in [-0.3, -0.25) is 4.90 Å². The summed E-state index contributed by atoms with van der Waals surface area (Å²) in [6.07, 6.45) is 2.89. The van der Waals surface area contributed by atoms with Crippen LogP contribution >= 0.6 is 11.3 Å². The number of hydrogen-bond acceptors (Lipinski definition) is 6. The Morgan fingerprint density at radius 3 is 3.04 bits per heavy atom. The van der Waals surface area contributed by atoms with E-state index in [0.717, 1.165) is 62.5 Å². The minimum absolute atomic E-state index is 0.524. The second kappa shape index (κ2) is 8.86. The highest BCUT2D eigenvalue weighted by molar-refractivity contribution is 7.13. The topological polar surface area (TPSA) is 66.1 Å². The number of aliphatic imine (C=N–C) groups is 1. The largest absolute Gasteiger partial charge is 0.443 e. The van der Waals surface area contributed by atoms with E-state index in [1.165, 1.54) is 6.42 Å². The van der Waals surface area contributed by atoms with E-state index in [0.29, 0.717) is 18.5 Å². The maximum absolute atomic E-state index is 5.60. The molecule has 2 aromatic heterocycles. The van der Waals surface area contributed by atoms with E-state index < -0.39 is 0 Å². The third-order valence-corrected chi connectivity index (χ3v) is 5.89. The SMILES string of the molecule is CCNC(=NCc1coc(-c2cccs2)n1)N1CCC(N2CCOCC2)C1. The van der Waals surface area contributed by atoms with E-state index in [1.807, 2.05) is 17.5 Å². The van der Waals surface area contributed by atoms with Crippen LogP contribution in [0.3, 0.4) is 0 Å². The summed E-state index contributed by atoms with van der Waals surface area (Å²) in [4.78, 5) is 15.3. The van der Waals surface area contributed by atoms with Crippen LogP contribution in [0.25, 0.3) is 10.8 Å². The number of hydrogen-bond donors (Lipinski definition) is 1. The quantitative estimate of drug-likeness (QED) is 0.625. The summed E-state index contributed by atoms with van der Waals surface area (Å²) in [6, 6.07) is 4.61. The lowest BCUT2D eigenvalue weighted by atomic mass is 10.2. The van der Waals surface area contributed by atoms with Crippen molar-refractivity contribution >= 4 is 17.3 Å². The zero-order valence-electron chi connectivity index (χ0n) is 15.8. The molecule has 0 spiro atoms. The molecule has 0 amide bonds. The van der Waals surface area contributed by atoms with Crippen LogP contribution in [0.5, 0.6) is 0 Å². The normalized spacial score (nSPS) is 21.7. The van der Waals surface area contributed by atoms with E-state index in [2.05, 4.69) is 27.0 Å². The van der Waals surface area contributed by atoms with E-state index >= 15 is 0 Å². The van der Waals surface area contributed by atoms with Crippen molar-refractivity contribution in [3.63, 3.8) is 0 Å². The van der Waals surface area contributed by atoms with Crippen LogP contribution in [0.1, 0.15) is 19.0 Å². The van der Waals surface area contributed by atoms with Gasteiger partial charge in [-0.1, -0.05) is 6.07 Å². The lowest BCUT2D eigenvalue weighted by Gasteiger charge is -2.32. The first kappa shape index (κ1) is 18.5. The van der Waals surface area contributed by atoms with Gasteiger partial charge < -0.3 is 19.4 Å². The number of guanidine groups is 1. The van der Waals surface area contributed by atoms with Gasteiger partial charge >= 0.3 is 0 Å². The van der Waals surface area contributed by atoms with Crippen LogP contribution in [0.2, 0.25) is 0 Å². The van der Waals surface area contributed by atoms with Gasteiger partial charge in [-0.15, -0.1) is 11.3 Å². The van der Waals surface area contributed by atoms with E-state index in [4.69, 9.17) is 14.1 Å². The summed E-state index contributed by atoms with van der Waals surface area (Å²) < 4.78 is 11.1. The summed E-state index contributed by atoms with van der Waals surface area (Å²) in [7, 11) is 0. The smallest absolute Gasteiger partial charge is 0.236 e. The number of nitrogens with zero attached hydrogens (tertiary/aromatic N) is 4. The van der Waals surface area contributed by atoms with Gasteiger partial charge in [0.15, 0.2) is 5.96 Å². The number of rotatable bonds is 5. The molecule has 2 aliphatic heterocycles. The lowest BCUT2D eigenvalue weighted by Crippen LogP contribution is -2.46. The van der Waals surface area contributed by atoms with Gasteiger partial charge in [-0.05, 0) is 24.8 Å². The van der Waals surface area contributed by atoms with Gasteiger partial charge in [-0.25, -0.2) is 9.98 Å². The molecule has 1 unspecified atom stereocenters. The van der Waals surface area contributed by atoms with Gasteiger partial charge in [0, 0.05) is 38.8 Å². The summed E-state index contributed by atoms with van der Waals surface area (Å²) >= 11 is 1.63. The summed E-state index contributed by atoms with van der Waals surface area (Å²) in [5.41, 5.74) is 0.859. The molecule has 1 N–H and O–H groups in total. The predicted molar refractivity (Wildman–Crippen MR) is 107 cm³/mol. The highest BCUT2D eigenvalue weighted by Gasteiger charge is 2.30. The minimum atomic E-state index is 0.524. The summed E-state index contributed by atoms with van der Waals surface area (Å²) in [6.45, 7) is 9.32. The Morgan fingerprint density at radius 2 is 2.26 bits per heavy atom. The average molecular weight is 390 g/mol. The van der Waals surface area contributed by atoms with E-state index in [1.54, 1.807) is 17.6 Å². The fraction of sp³-hybridized carbons (Fsp3) is 0.579. The minimum Gasteiger partial charge on any atom is -0.443 e. The maximum atomic E-state index is 5.60. The van der Waals surface area contributed by atoms with Crippen molar-refractivity contribution in [3.05, 3.63) is 29.5 Å². The molecule has 2 aromatic rings. The van der Waals surface area contributed by atoms with Gasteiger partial charge in [0.05, 0.1) is 24.6 Å². The van der Waals surface area contributed by atoms with Gasteiger partial charge in [0.1, 0.15) is 12.0 Å². The number of likely N-dealkylation sites (tertiary alicyclic amines) is 1. The van der Waals surface area contributed by atoms with Crippen LogP contribution in [-0.4, -0.2) is 72.7 Å². The molecule has 0 saturated carbocycles. The molecule has 2 fully saturated rings. The van der Waals surface area contributed by atoms with Crippen LogP contribution in [0, 0.1) is 0 Å². The van der Waals surface area contributed by atoms with Crippen molar-refractivity contribution in [1.29, 1.82) is 0 Å². The first-order chi connectivity index (χ1) is 13.3. The van der Waals surface area contributed by atoms with Crippen LogP contribution < -0.4 is 5.32 Å². The second-order valence-electron chi connectivity index (χ2n) is 6.83. The fourth-order valence-electron chi connectivity index (χ4n) is 3.65. The maximum Gasteiger partial charge on any atom is 0.236 e. The first-order valence-corrected chi connectivity index (χ1v) is 10.5. The van der Waals surface area contributed by atoms with Gasteiger partial charge in [0.25, 0.3) is 0 Å². The van der Waals surface area contributed by atoms with Crippen molar-refractivity contribution in [1.82, 2.24) is 20.1 Å². The molecule has 2 saturated heterocycles. The molecule has 4 heterocycles. The Balaban J connectivity index is 1.38. The number of thiophene rings is 1. The van der Waals surface area contributed by atoms with Crippen LogP contribution in [-0.2, 0) is 11.3 Å². The molecule has 0 bridgehead atoms. The number of morpholine rings is 1. The Kier molecular flexibility index (Phi) is 6.06. The zero-order chi connectivity index (χ0) is 18.5. The molecule has 8 heteroatoms. The molecule has 1 atom stereocenters. The zero-order valence-corrected chi connectivity index (χ0v) is 16.6. The molecule has 0 aliphatic carbocycles. The highest BCUT2D eigenvalue weighted by atomic mass is 32.1. The Labute approximate surface area is 164 Å².